The summed E-state index contributed by atoms with van der Waals surface area (Å²) in [5, 5.41) is 9.86. The van der Waals surface area contributed by atoms with Crippen molar-refractivity contribution < 1.29 is 14.6 Å². The zero-order valence-electron chi connectivity index (χ0n) is 12.0. The number of anilines is 1. The number of rotatable bonds is 3. The Hall–Kier alpha value is -2.27. The van der Waals surface area contributed by atoms with Gasteiger partial charge in [0.1, 0.15) is 0 Å². The van der Waals surface area contributed by atoms with Crippen molar-refractivity contribution in [1.29, 1.82) is 0 Å². The standard InChI is InChI=1S/C16H18N2O3/c1-17-11-12(2-5-16(19)20)14-10-13(3-4-15(14)17)18-6-8-21-9-7-18/h2-5,10-11H,6-9H2,1H3,(H,19,20)/b5-2-. The highest BCUT2D eigenvalue weighted by Crippen LogP contribution is 2.27. The zero-order chi connectivity index (χ0) is 14.8. The van der Waals surface area contributed by atoms with Crippen LogP contribution in [-0.4, -0.2) is 41.9 Å². The number of carboxylic acids is 1. The van der Waals surface area contributed by atoms with E-state index in [9.17, 15) is 4.79 Å². The number of carbonyl (C=O) groups is 1. The highest BCUT2D eigenvalue weighted by Gasteiger charge is 2.13. The molecule has 2 aromatic rings. The van der Waals surface area contributed by atoms with Crippen molar-refractivity contribution in [1.82, 2.24) is 4.57 Å². The first kappa shape index (κ1) is 13.7. The number of hydrogen-bond donors (Lipinski definition) is 1. The van der Waals surface area contributed by atoms with Crippen LogP contribution in [0.1, 0.15) is 5.56 Å². The van der Waals surface area contributed by atoms with Crippen LogP contribution in [0.15, 0.2) is 30.5 Å². The van der Waals surface area contributed by atoms with Gasteiger partial charge in [0.05, 0.1) is 13.2 Å². The molecular weight excluding hydrogens is 268 g/mol. The topological polar surface area (TPSA) is 54.7 Å². The minimum atomic E-state index is -0.934. The van der Waals surface area contributed by atoms with E-state index in [4.69, 9.17) is 9.84 Å². The fourth-order valence-corrected chi connectivity index (χ4v) is 2.72. The molecule has 3 rings (SSSR count). The van der Waals surface area contributed by atoms with E-state index in [0.29, 0.717) is 0 Å². The number of hydrogen-bond acceptors (Lipinski definition) is 3. The van der Waals surface area contributed by atoms with Crippen molar-refractivity contribution in [3.63, 3.8) is 0 Å². The number of aliphatic carboxylic acids is 1. The number of morpholine rings is 1. The Morgan fingerprint density at radius 1 is 1.33 bits per heavy atom. The van der Waals surface area contributed by atoms with Crippen LogP contribution in [0.4, 0.5) is 5.69 Å². The lowest BCUT2D eigenvalue weighted by atomic mass is 10.1. The first-order valence-electron chi connectivity index (χ1n) is 6.98. The van der Waals surface area contributed by atoms with Gasteiger partial charge in [0, 0.05) is 54.6 Å². The Kier molecular flexibility index (Phi) is 3.66. The summed E-state index contributed by atoms with van der Waals surface area (Å²) >= 11 is 0. The van der Waals surface area contributed by atoms with Crippen LogP contribution in [0.2, 0.25) is 0 Å². The average molecular weight is 286 g/mol. The largest absolute Gasteiger partial charge is 0.478 e. The molecule has 1 saturated heterocycles. The van der Waals surface area contributed by atoms with Crippen LogP contribution >= 0.6 is 0 Å². The third kappa shape index (κ3) is 2.78. The second kappa shape index (κ2) is 5.61. The van der Waals surface area contributed by atoms with Gasteiger partial charge < -0.3 is 19.3 Å². The molecule has 1 N–H and O–H groups in total. The van der Waals surface area contributed by atoms with E-state index in [1.807, 2.05) is 17.8 Å². The zero-order valence-corrected chi connectivity index (χ0v) is 12.0. The second-order valence-corrected chi connectivity index (χ2v) is 5.17. The summed E-state index contributed by atoms with van der Waals surface area (Å²) in [7, 11) is 1.97. The molecule has 0 unspecified atom stereocenters. The highest BCUT2D eigenvalue weighted by molar-refractivity contribution is 5.95. The second-order valence-electron chi connectivity index (χ2n) is 5.17. The molecule has 0 spiro atoms. The smallest absolute Gasteiger partial charge is 0.328 e. The molecule has 1 aromatic carbocycles. The number of nitrogens with zero attached hydrogens (tertiary/aromatic N) is 2. The third-order valence-corrected chi connectivity index (χ3v) is 3.79. The highest BCUT2D eigenvalue weighted by atomic mass is 16.5. The fraction of sp³-hybridized carbons (Fsp3) is 0.312. The van der Waals surface area contributed by atoms with Crippen LogP contribution in [-0.2, 0) is 16.6 Å². The molecule has 0 amide bonds. The van der Waals surface area contributed by atoms with Crippen molar-refractivity contribution in [2.75, 3.05) is 31.2 Å². The number of fused-ring (bicyclic) bond motifs is 1. The summed E-state index contributed by atoms with van der Waals surface area (Å²) in [6.07, 6.45) is 4.77. The van der Waals surface area contributed by atoms with Gasteiger partial charge in [-0.2, -0.15) is 0 Å². The van der Waals surface area contributed by atoms with Gasteiger partial charge in [-0.1, -0.05) is 0 Å². The van der Waals surface area contributed by atoms with Crippen molar-refractivity contribution in [3.05, 3.63) is 36.0 Å². The maximum atomic E-state index is 10.7. The van der Waals surface area contributed by atoms with Crippen LogP contribution in [0.25, 0.3) is 17.0 Å². The van der Waals surface area contributed by atoms with Crippen molar-refractivity contribution in [3.8, 4) is 0 Å². The number of aromatic nitrogens is 1. The van der Waals surface area contributed by atoms with Crippen LogP contribution in [0.5, 0.6) is 0 Å². The number of aryl methyl sites for hydroxylation is 1. The van der Waals surface area contributed by atoms with E-state index in [-0.39, 0.29) is 0 Å². The Morgan fingerprint density at radius 3 is 2.81 bits per heavy atom. The molecular formula is C16H18N2O3. The molecule has 0 aliphatic carbocycles. The van der Waals surface area contributed by atoms with Crippen LogP contribution in [0, 0.1) is 0 Å². The Morgan fingerprint density at radius 2 is 2.10 bits per heavy atom. The van der Waals surface area contributed by atoms with Crippen LogP contribution in [0.3, 0.4) is 0 Å². The van der Waals surface area contributed by atoms with Gasteiger partial charge >= 0.3 is 5.97 Å². The Balaban J connectivity index is 2.02. The quantitative estimate of drug-likeness (QED) is 0.878. The molecule has 0 radical (unpaired) electrons. The van der Waals surface area contributed by atoms with E-state index in [2.05, 4.69) is 23.1 Å². The summed E-state index contributed by atoms with van der Waals surface area (Å²) in [4.78, 5) is 13.0. The van der Waals surface area contributed by atoms with E-state index in [1.54, 1.807) is 6.08 Å². The summed E-state index contributed by atoms with van der Waals surface area (Å²) in [5.74, 6) is -0.934. The Bertz CT molecular complexity index is 697. The molecule has 21 heavy (non-hydrogen) atoms. The van der Waals surface area contributed by atoms with Crippen molar-refractivity contribution in [2.45, 2.75) is 0 Å². The number of benzene rings is 1. The molecule has 1 aliphatic rings. The average Bonchev–Trinajstić information content (AvgIpc) is 2.82. The first-order chi connectivity index (χ1) is 10.1. The van der Waals surface area contributed by atoms with Gasteiger partial charge in [0.15, 0.2) is 0 Å². The van der Waals surface area contributed by atoms with Crippen LogP contribution < -0.4 is 4.90 Å². The maximum Gasteiger partial charge on any atom is 0.328 e. The molecule has 110 valence electrons. The van der Waals surface area contributed by atoms with Gasteiger partial charge in [-0.15, -0.1) is 0 Å². The monoisotopic (exact) mass is 286 g/mol. The van der Waals surface area contributed by atoms with E-state index < -0.39 is 5.97 Å². The lowest BCUT2D eigenvalue weighted by molar-refractivity contribution is -0.131. The lowest BCUT2D eigenvalue weighted by Crippen LogP contribution is -2.36. The Labute approximate surface area is 123 Å². The maximum absolute atomic E-state index is 10.7. The fourth-order valence-electron chi connectivity index (χ4n) is 2.72. The van der Waals surface area contributed by atoms with Gasteiger partial charge in [-0.3, -0.25) is 0 Å². The lowest BCUT2D eigenvalue weighted by Gasteiger charge is -2.29. The van der Waals surface area contributed by atoms with E-state index in [0.717, 1.165) is 48.5 Å². The molecule has 1 fully saturated rings. The summed E-state index contributed by atoms with van der Waals surface area (Å²) in [6, 6.07) is 6.32. The number of carboxylic acid groups (broad SMARTS) is 1. The molecule has 5 nitrogen and oxygen atoms in total. The van der Waals surface area contributed by atoms with Crippen molar-refractivity contribution >= 4 is 28.6 Å². The van der Waals surface area contributed by atoms with E-state index in [1.165, 1.54) is 6.08 Å². The normalized spacial score (nSPS) is 16.0. The minimum Gasteiger partial charge on any atom is -0.478 e. The summed E-state index contributed by atoms with van der Waals surface area (Å²) < 4.78 is 7.39. The molecule has 0 bridgehead atoms. The predicted octanol–water partition coefficient (Wildman–Crippen LogP) is 2.11. The SMILES string of the molecule is Cn1cc(/C=C\C(=O)O)c2cc(N3CCOCC3)ccc21. The minimum absolute atomic E-state index is 0.749. The molecule has 1 aliphatic heterocycles. The van der Waals surface area contributed by atoms with E-state index >= 15 is 0 Å². The van der Waals surface area contributed by atoms with Gasteiger partial charge in [-0.05, 0) is 24.3 Å². The number of ether oxygens (including phenoxy) is 1. The van der Waals surface area contributed by atoms with Gasteiger partial charge in [-0.25, -0.2) is 4.79 Å². The van der Waals surface area contributed by atoms with Gasteiger partial charge in [0.2, 0.25) is 0 Å². The molecule has 1 aromatic heterocycles. The van der Waals surface area contributed by atoms with Gasteiger partial charge in [0.25, 0.3) is 0 Å². The third-order valence-electron chi connectivity index (χ3n) is 3.79. The molecule has 5 heteroatoms. The molecule has 0 saturated carbocycles. The predicted molar refractivity (Wildman–Crippen MR) is 82.6 cm³/mol. The summed E-state index contributed by atoms with van der Waals surface area (Å²) in [5.41, 5.74) is 3.17. The molecule has 2 heterocycles. The first-order valence-corrected chi connectivity index (χ1v) is 6.98. The molecule has 0 atom stereocenters. The summed E-state index contributed by atoms with van der Waals surface area (Å²) in [6.45, 7) is 3.27. The van der Waals surface area contributed by atoms with Crippen molar-refractivity contribution in [2.24, 2.45) is 7.05 Å².